The van der Waals surface area contributed by atoms with Crippen molar-refractivity contribution in [3.8, 4) is 0 Å². The van der Waals surface area contributed by atoms with Gasteiger partial charge in [-0.05, 0) is 29.6 Å². The van der Waals surface area contributed by atoms with E-state index in [1.165, 1.54) is 6.20 Å². The second-order valence-corrected chi connectivity index (χ2v) is 10.1. The topological polar surface area (TPSA) is 68.1 Å². The van der Waals surface area contributed by atoms with E-state index in [1.54, 1.807) is 0 Å². The molecule has 1 saturated carbocycles. The van der Waals surface area contributed by atoms with E-state index >= 15 is 0 Å². The van der Waals surface area contributed by atoms with Crippen LogP contribution in [0.5, 0.6) is 0 Å². The van der Waals surface area contributed by atoms with E-state index in [4.69, 9.17) is 10.5 Å². The molecular weight excluding hydrogens is 331 g/mol. The molecule has 26 heavy (non-hydrogen) atoms. The predicted molar refractivity (Wildman–Crippen MR) is 104 cm³/mol. The van der Waals surface area contributed by atoms with Crippen molar-refractivity contribution in [2.24, 2.45) is 28.6 Å². The van der Waals surface area contributed by atoms with E-state index in [9.17, 15) is 9.18 Å². The van der Waals surface area contributed by atoms with Gasteiger partial charge in [0.1, 0.15) is 24.2 Å². The maximum atomic E-state index is 13.2. The highest BCUT2D eigenvalue weighted by Gasteiger charge is 2.48. The largest absolute Gasteiger partial charge is 0.458 e. The number of aromatic nitrogens is 1. The number of hydrogen-bond acceptors (Lipinski definition) is 3. The van der Waals surface area contributed by atoms with Gasteiger partial charge in [-0.25, -0.2) is 9.18 Å². The lowest BCUT2D eigenvalue weighted by Crippen LogP contribution is -2.49. The number of esters is 1. The monoisotopic (exact) mass is 366 g/mol. The van der Waals surface area contributed by atoms with Gasteiger partial charge in [0.15, 0.2) is 0 Å². The molecule has 1 aliphatic rings. The number of anilines is 1. The number of H-pyrrole nitrogens is 1. The van der Waals surface area contributed by atoms with Gasteiger partial charge in [0.2, 0.25) is 0 Å². The van der Waals surface area contributed by atoms with Crippen LogP contribution in [0, 0.1) is 28.6 Å². The number of carbonyl (C=O) groups is 1. The minimum absolute atomic E-state index is 0.00966. The highest BCUT2D eigenvalue weighted by molar-refractivity contribution is 5.96. The molecule has 1 fully saturated rings. The number of carbonyl (C=O) groups excluding carboxylic acids is 1. The molecule has 1 heterocycles. The van der Waals surface area contributed by atoms with E-state index in [-0.39, 0.29) is 45.7 Å². The first-order chi connectivity index (χ1) is 11.9. The molecule has 2 rings (SSSR count). The summed E-state index contributed by atoms with van der Waals surface area (Å²) in [5, 5.41) is 0. The Bertz CT molecular complexity index is 615. The van der Waals surface area contributed by atoms with Gasteiger partial charge < -0.3 is 15.5 Å². The molecular formula is C21H35FN2O2. The van der Waals surface area contributed by atoms with Crippen molar-refractivity contribution in [1.82, 2.24) is 4.98 Å². The van der Waals surface area contributed by atoms with Crippen LogP contribution in [-0.2, 0) is 11.4 Å². The molecule has 3 N–H and O–H groups in total. The lowest BCUT2D eigenvalue weighted by atomic mass is 9.59. The van der Waals surface area contributed by atoms with Gasteiger partial charge in [0, 0.05) is 23.6 Å². The Hall–Kier alpha value is -1.52. The van der Waals surface area contributed by atoms with Crippen LogP contribution in [0.2, 0.25) is 0 Å². The smallest absolute Gasteiger partial charge is 0.342 e. The average Bonchev–Trinajstić information content (AvgIpc) is 2.87. The third-order valence-corrected chi connectivity index (χ3v) is 5.91. The minimum Gasteiger partial charge on any atom is -0.458 e. The highest BCUT2D eigenvalue weighted by Crippen LogP contribution is 2.49. The molecule has 148 valence electrons. The average molecular weight is 367 g/mol. The molecule has 0 amide bonds. The van der Waals surface area contributed by atoms with Gasteiger partial charge in [0.05, 0.1) is 0 Å². The summed E-state index contributed by atoms with van der Waals surface area (Å²) in [5.74, 6) is 0.727. The van der Waals surface area contributed by atoms with Crippen LogP contribution < -0.4 is 5.73 Å². The van der Waals surface area contributed by atoms with E-state index in [2.05, 4.69) is 53.5 Å². The molecule has 0 saturated heterocycles. The second-order valence-electron chi connectivity index (χ2n) is 10.1. The number of rotatable bonds is 3. The Morgan fingerprint density at radius 3 is 2.12 bits per heavy atom. The molecule has 0 radical (unpaired) electrons. The van der Waals surface area contributed by atoms with Crippen molar-refractivity contribution >= 4 is 11.8 Å². The normalized spacial score (nSPS) is 27.4. The zero-order chi connectivity index (χ0) is 19.9. The molecule has 1 aromatic heterocycles. The number of nitrogen functional groups attached to an aromatic ring is 1. The van der Waals surface area contributed by atoms with Crippen LogP contribution in [0.1, 0.15) is 77.2 Å². The number of alkyl halides is 1. The quantitative estimate of drug-likeness (QED) is 0.709. The Morgan fingerprint density at radius 2 is 1.69 bits per heavy atom. The first-order valence-electron chi connectivity index (χ1n) is 9.59. The highest BCUT2D eigenvalue weighted by atomic mass is 19.1. The first-order valence-corrected chi connectivity index (χ1v) is 9.59. The van der Waals surface area contributed by atoms with Crippen LogP contribution in [0.25, 0.3) is 0 Å². The molecule has 1 aromatic rings. The zero-order valence-corrected chi connectivity index (χ0v) is 17.3. The maximum absolute atomic E-state index is 13.2. The molecule has 2 unspecified atom stereocenters. The fourth-order valence-electron chi connectivity index (χ4n) is 4.38. The van der Waals surface area contributed by atoms with Crippen LogP contribution in [0.15, 0.2) is 6.20 Å². The zero-order valence-electron chi connectivity index (χ0n) is 17.3. The lowest BCUT2D eigenvalue weighted by Gasteiger charge is -2.50. The lowest BCUT2D eigenvalue weighted by molar-refractivity contribution is -0.0923. The summed E-state index contributed by atoms with van der Waals surface area (Å²) in [6, 6.07) is 0. The van der Waals surface area contributed by atoms with Crippen LogP contribution in [-0.4, -0.2) is 17.1 Å². The van der Waals surface area contributed by atoms with Crippen molar-refractivity contribution in [2.75, 3.05) is 5.73 Å². The standard InChI is InChI=1S/C21H35FN2O2/c1-12-8-14(20(2,3)4)17(15(9-12)21(5,6)7)26-19(25)16-13(10-22)11-24-18(16)23/h11-12,14-15,17,24H,8-10,23H2,1-7H3. The van der Waals surface area contributed by atoms with Gasteiger partial charge in [-0.2, -0.15) is 0 Å². The summed E-state index contributed by atoms with van der Waals surface area (Å²) in [4.78, 5) is 15.6. The van der Waals surface area contributed by atoms with E-state index in [1.807, 2.05) is 0 Å². The molecule has 1 aliphatic carbocycles. The summed E-state index contributed by atoms with van der Waals surface area (Å²) < 4.78 is 19.3. The van der Waals surface area contributed by atoms with E-state index in [0.717, 1.165) is 12.8 Å². The van der Waals surface area contributed by atoms with Crippen molar-refractivity contribution in [1.29, 1.82) is 0 Å². The van der Waals surface area contributed by atoms with Gasteiger partial charge in [0.25, 0.3) is 0 Å². The molecule has 0 bridgehead atoms. The molecule has 5 heteroatoms. The van der Waals surface area contributed by atoms with Crippen LogP contribution in [0.3, 0.4) is 0 Å². The Labute approximate surface area is 157 Å². The van der Waals surface area contributed by atoms with Crippen LogP contribution >= 0.6 is 0 Å². The van der Waals surface area contributed by atoms with Crippen molar-refractivity contribution in [3.05, 3.63) is 17.3 Å². The summed E-state index contributed by atoms with van der Waals surface area (Å²) >= 11 is 0. The van der Waals surface area contributed by atoms with Gasteiger partial charge in [-0.15, -0.1) is 0 Å². The minimum atomic E-state index is -0.745. The van der Waals surface area contributed by atoms with Crippen molar-refractivity contribution < 1.29 is 13.9 Å². The predicted octanol–water partition coefficient (Wildman–Crippen LogP) is 5.35. The Balaban J connectivity index is 2.39. The SMILES string of the molecule is CC1CC(C(C)(C)C)C(OC(=O)c2c(CF)c[nH]c2N)C(C(C)(C)C)C1. The number of hydrogen-bond donors (Lipinski definition) is 2. The third-order valence-electron chi connectivity index (χ3n) is 5.91. The van der Waals surface area contributed by atoms with Gasteiger partial charge in [-0.3, -0.25) is 0 Å². The number of aromatic amines is 1. The molecule has 0 aromatic carbocycles. The molecule has 2 atom stereocenters. The molecule has 0 spiro atoms. The van der Waals surface area contributed by atoms with E-state index in [0.29, 0.717) is 5.92 Å². The summed E-state index contributed by atoms with van der Waals surface area (Å²) in [6.45, 7) is 14.7. The summed E-state index contributed by atoms with van der Waals surface area (Å²) in [6.07, 6.45) is 3.27. The van der Waals surface area contributed by atoms with Crippen LogP contribution in [0.4, 0.5) is 10.2 Å². The fourth-order valence-corrected chi connectivity index (χ4v) is 4.38. The Kier molecular flexibility index (Phi) is 5.79. The fraction of sp³-hybridized carbons (Fsp3) is 0.762. The number of halogens is 1. The molecule has 0 aliphatic heterocycles. The van der Waals surface area contributed by atoms with Crippen molar-refractivity contribution in [2.45, 2.75) is 74.1 Å². The second kappa shape index (κ2) is 7.24. The summed E-state index contributed by atoms with van der Waals surface area (Å²) in [5.41, 5.74) is 6.29. The number of nitrogens with one attached hydrogen (secondary N) is 1. The maximum Gasteiger partial charge on any atom is 0.342 e. The first kappa shape index (κ1) is 20.8. The number of ether oxygens (including phenoxy) is 1. The van der Waals surface area contributed by atoms with Gasteiger partial charge in [-0.1, -0.05) is 48.5 Å². The Morgan fingerprint density at radius 1 is 1.19 bits per heavy atom. The third kappa shape index (κ3) is 4.24. The summed E-state index contributed by atoms with van der Waals surface area (Å²) in [7, 11) is 0. The van der Waals surface area contributed by atoms with E-state index < -0.39 is 12.6 Å². The number of nitrogens with two attached hydrogens (primary N) is 1. The molecule has 4 nitrogen and oxygen atoms in total. The van der Waals surface area contributed by atoms with Gasteiger partial charge >= 0.3 is 5.97 Å². The van der Waals surface area contributed by atoms with Crippen molar-refractivity contribution in [3.63, 3.8) is 0 Å².